The van der Waals surface area contributed by atoms with Crippen LogP contribution in [0.25, 0.3) is 33.3 Å². The number of ether oxygens (including phenoxy) is 1. The van der Waals surface area contributed by atoms with E-state index in [4.69, 9.17) is 9.72 Å². The lowest BCUT2D eigenvalue weighted by Crippen LogP contribution is -2.62. The summed E-state index contributed by atoms with van der Waals surface area (Å²) in [6.07, 6.45) is 5.03. The van der Waals surface area contributed by atoms with Crippen molar-refractivity contribution in [3.63, 3.8) is 0 Å². The SMILES string of the molecule is CCn1c(-c2cccnc2C(C)C)c2c3cc(ccc31)-c1cc(O)cc(c1)C[C@H](NC(=O)[C@H](C(C)C)N(C)C(=O)[C@H]1C[C@@H]3N[C@@H]3C1)C(=O)N1CCC[C@H](N1)C(=O)OCC(C)(C)C2. The molecule has 13 heteroatoms. The van der Waals surface area contributed by atoms with Crippen LogP contribution in [0.1, 0.15) is 96.9 Å². The Morgan fingerprint density at radius 2 is 1.81 bits per heavy atom. The van der Waals surface area contributed by atoms with Gasteiger partial charge in [-0.2, -0.15) is 0 Å². The molecule has 13 nitrogen and oxygen atoms in total. The molecule has 4 N–H and O–H groups in total. The lowest BCUT2D eigenvalue weighted by molar-refractivity contribution is -0.155. The number of carbonyl (C=O) groups excluding carboxylic acids is 4. The first kappa shape index (κ1) is 43.4. The van der Waals surface area contributed by atoms with Crippen LogP contribution in [0.3, 0.4) is 0 Å². The lowest BCUT2D eigenvalue weighted by atomic mass is 9.83. The monoisotopic (exact) mass is 845 g/mol. The number of nitrogens with one attached hydrogen (secondary N) is 3. The van der Waals surface area contributed by atoms with Crippen molar-refractivity contribution in [2.45, 2.75) is 130 Å². The number of piperidine rings is 1. The minimum atomic E-state index is -1.09. The number of esters is 1. The van der Waals surface area contributed by atoms with Gasteiger partial charge in [-0.3, -0.25) is 29.2 Å². The molecular weight excluding hydrogens is 783 g/mol. The van der Waals surface area contributed by atoms with E-state index in [9.17, 15) is 24.3 Å². The van der Waals surface area contributed by atoms with Gasteiger partial charge in [-0.25, -0.2) is 5.43 Å². The zero-order chi connectivity index (χ0) is 44.2. The van der Waals surface area contributed by atoms with E-state index in [0.717, 1.165) is 63.9 Å². The number of amides is 3. The number of pyridine rings is 1. The highest BCUT2D eigenvalue weighted by Gasteiger charge is 2.49. The molecule has 330 valence electrons. The van der Waals surface area contributed by atoms with Crippen molar-refractivity contribution >= 4 is 34.6 Å². The molecule has 1 aliphatic carbocycles. The van der Waals surface area contributed by atoms with E-state index in [1.54, 1.807) is 24.1 Å². The molecule has 8 rings (SSSR count). The van der Waals surface area contributed by atoms with Crippen LogP contribution in [0, 0.1) is 17.3 Å². The average molecular weight is 846 g/mol. The largest absolute Gasteiger partial charge is 0.508 e. The van der Waals surface area contributed by atoms with Gasteiger partial charge in [0.05, 0.1) is 18.0 Å². The molecule has 0 unspecified atom stereocenters. The fourth-order valence-electron chi connectivity index (χ4n) is 10.3. The van der Waals surface area contributed by atoms with Crippen LogP contribution >= 0.6 is 0 Å². The van der Waals surface area contributed by atoms with E-state index >= 15 is 0 Å². The Balaban J connectivity index is 1.21. The van der Waals surface area contributed by atoms with E-state index in [2.05, 4.69) is 79.5 Å². The highest BCUT2D eigenvalue weighted by molar-refractivity contribution is 5.96. The normalized spacial score (nSPS) is 24.1. The number of rotatable bonds is 8. The van der Waals surface area contributed by atoms with Gasteiger partial charge in [-0.15, -0.1) is 0 Å². The average Bonchev–Trinajstić information content (AvgIpc) is 3.73. The van der Waals surface area contributed by atoms with Crippen molar-refractivity contribution in [1.29, 1.82) is 0 Å². The highest BCUT2D eigenvalue weighted by atomic mass is 16.5. The van der Waals surface area contributed by atoms with Gasteiger partial charge in [-0.1, -0.05) is 53.7 Å². The molecule has 3 amide bonds. The predicted octanol–water partition coefficient (Wildman–Crippen LogP) is 6.10. The topological polar surface area (TPSA) is 168 Å². The first-order valence-corrected chi connectivity index (χ1v) is 22.5. The Labute approximate surface area is 364 Å². The van der Waals surface area contributed by atoms with Crippen LogP contribution < -0.4 is 16.1 Å². The number of benzene rings is 2. The third-order valence-corrected chi connectivity index (χ3v) is 13.4. The second-order valence-corrected chi connectivity index (χ2v) is 19.5. The number of phenols is 1. The number of hydrazine groups is 1. The van der Waals surface area contributed by atoms with Crippen LogP contribution in [0.5, 0.6) is 5.75 Å². The molecule has 2 aromatic carbocycles. The maximum absolute atomic E-state index is 14.6. The fourth-order valence-corrected chi connectivity index (χ4v) is 10.3. The van der Waals surface area contributed by atoms with Crippen molar-refractivity contribution in [3.8, 4) is 28.1 Å². The van der Waals surface area contributed by atoms with Gasteiger partial charge >= 0.3 is 5.97 Å². The van der Waals surface area contributed by atoms with Gasteiger partial charge in [0.25, 0.3) is 5.91 Å². The van der Waals surface area contributed by atoms with E-state index in [0.29, 0.717) is 43.5 Å². The number of aryl methyl sites for hydroxylation is 1. The summed E-state index contributed by atoms with van der Waals surface area (Å²) in [5, 5.41) is 20.2. The van der Waals surface area contributed by atoms with Crippen LogP contribution in [0.2, 0.25) is 0 Å². The van der Waals surface area contributed by atoms with Crippen molar-refractivity contribution in [3.05, 3.63) is 71.5 Å². The van der Waals surface area contributed by atoms with Gasteiger partial charge in [0, 0.05) is 72.6 Å². The second-order valence-electron chi connectivity index (χ2n) is 19.5. The molecule has 3 aliphatic heterocycles. The van der Waals surface area contributed by atoms with Crippen molar-refractivity contribution in [2.75, 3.05) is 20.2 Å². The van der Waals surface area contributed by atoms with Crippen molar-refractivity contribution in [1.82, 2.24) is 35.5 Å². The van der Waals surface area contributed by atoms with Gasteiger partial charge in [0.2, 0.25) is 11.8 Å². The van der Waals surface area contributed by atoms with Crippen LogP contribution in [0.15, 0.2) is 54.7 Å². The van der Waals surface area contributed by atoms with Crippen LogP contribution in [-0.2, 0) is 43.3 Å². The number of nitrogens with zero attached hydrogens (tertiary/aromatic N) is 4. The number of likely N-dealkylation sites (N-methyl/N-ethyl adjacent to an activating group) is 1. The molecule has 3 fully saturated rings. The number of fused-ring (bicyclic) bond motifs is 7. The summed E-state index contributed by atoms with van der Waals surface area (Å²) in [6.45, 7) is 15.7. The summed E-state index contributed by atoms with van der Waals surface area (Å²) >= 11 is 0. The summed E-state index contributed by atoms with van der Waals surface area (Å²) in [4.78, 5) is 63.1. The molecule has 0 spiro atoms. The van der Waals surface area contributed by atoms with Gasteiger partial charge in [0.15, 0.2) is 0 Å². The molecule has 2 aromatic heterocycles. The van der Waals surface area contributed by atoms with Crippen molar-refractivity contribution in [2.24, 2.45) is 17.3 Å². The van der Waals surface area contributed by atoms with Crippen molar-refractivity contribution < 1.29 is 29.0 Å². The van der Waals surface area contributed by atoms with Crippen LogP contribution in [-0.4, -0.2) is 98.7 Å². The molecule has 4 aromatic rings. The molecule has 6 atom stereocenters. The quantitative estimate of drug-likeness (QED) is 0.121. The summed E-state index contributed by atoms with van der Waals surface area (Å²) in [5.41, 5.74) is 10.3. The Bertz CT molecular complexity index is 2380. The standard InChI is InChI=1S/C49H63N7O6/c1-9-55-41-15-14-30-22-35(41)36(44(55)34-12-10-16-50-42(34)27(2)3)25-49(6,7)26-62-48(61)37-13-11-17-56(53-37)47(60)40(20-29-18-31(30)21-33(57)19-29)52-45(58)43(28(4)5)54(8)46(59)32-23-38-39(24-32)51-38/h10,12,14-16,18-19,21-22,27-28,32,37-40,43,51,53,57H,9,11,13,17,20,23-26H2,1-8H3,(H,52,58)/t32-,37-,38-,39+,40-,43-/m0/s1. The zero-order valence-corrected chi connectivity index (χ0v) is 37.5. The summed E-state index contributed by atoms with van der Waals surface area (Å²) in [6, 6.07) is 13.9. The Morgan fingerprint density at radius 1 is 1.05 bits per heavy atom. The predicted molar refractivity (Wildman–Crippen MR) is 239 cm³/mol. The maximum Gasteiger partial charge on any atom is 0.324 e. The Hall–Kier alpha value is -5.27. The number of cyclic esters (lactones) is 1. The number of phenolic OH excluding ortho intramolecular Hbond substituents is 1. The first-order chi connectivity index (χ1) is 29.5. The minimum Gasteiger partial charge on any atom is -0.508 e. The van der Waals surface area contributed by atoms with Gasteiger partial charge < -0.3 is 29.9 Å². The number of carbonyl (C=O) groups is 4. The second kappa shape index (κ2) is 17.1. The summed E-state index contributed by atoms with van der Waals surface area (Å²) < 4.78 is 8.46. The third-order valence-electron chi connectivity index (χ3n) is 13.4. The third kappa shape index (κ3) is 8.58. The van der Waals surface area contributed by atoms with Gasteiger partial charge in [-0.05, 0) is 110 Å². The highest BCUT2D eigenvalue weighted by Crippen LogP contribution is 2.42. The maximum atomic E-state index is 14.6. The van der Waals surface area contributed by atoms with E-state index in [-0.39, 0.29) is 42.4 Å². The first-order valence-electron chi connectivity index (χ1n) is 22.5. The molecule has 0 radical (unpaired) electrons. The molecule has 1 saturated carbocycles. The van der Waals surface area contributed by atoms with Crippen LogP contribution in [0.4, 0.5) is 0 Å². The molecule has 5 heterocycles. The lowest BCUT2D eigenvalue weighted by Gasteiger charge is -2.37. The Kier molecular flexibility index (Phi) is 12.0. The van der Waals surface area contributed by atoms with E-state index < -0.39 is 41.3 Å². The van der Waals surface area contributed by atoms with E-state index in [1.807, 2.05) is 32.2 Å². The van der Waals surface area contributed by atoms with E-state index in [1.165, 1.54) is 5.01 Å². The number of aromatic nitrogens is 2. The molecular formula is C49H63N7O6. The molecule has 62 heavy (non-hydrogen) atoms. The number of hydrogen-bond acceptors (Lipinski definition) is 9. The minimum absolute atomic E-state index is 0.0306. The molecule has 2 saturated heterocycles. The van der Waals surface area contributed by atoms with Gasteiger partial charge in [0.1, 0.15) is 23.9 Å². The zero-order valence-electron chi connectivity index (χ0n) is 37.5. The fraction of sp³-hybridized carbons (Fsp3) is 0.531. The Morgan fingerprint density at radius 3 is 2.52 bits per heavy atom. The number of aromatic hydroxyl groups is 1. The summed E-state index contributed by atoms with van der Waals surface area (Å²) in [5.74, 6) is -1.54. The smallest absolute Gasteiger partial charge is 0.324 e. The molecule has 4 aliphatic rings. The summed E-state index contributed by atoms with van der Waals surface area (Å²) in [7, 11) is 1.68. The number of hydrogen-bond donors (Lipinski definition) is 4. The molecule has 6 bridgehead atoms.